The molecule has 8 nitrogen and oxygen atoms in total. The molecule has 0 spiro atoms. The van der Waals surface area contributed by atoms with Gasteiger partial charge in [0.25, 0.3) is 0 Å². The van der Waals surface area contributed by atoms with Crippen molar-refractivity contribution in [3.8, 4) is 11.3 Å². The van der Waals surface area contributed by atoms with E-state index in [2.05, 4.69) is 5.32 Å². The third kappa shape index (κ3) is 6.95. The average molecular weight is 488 g/mol. The number of aromatic nitrogens is 1. The number of nitrogens with one attached hydrogen (secondary N) is 2. The maximum Gasteiger partial charge on any atom is 0.357 e. The second kappa shape index (κ2) is 9.82. The number of aldehydes is 1. The van der Waals surface area contributed by atoms with E-state index in [-0.39, 0.29) is 11.6 Å². The minimum absolute atomic E-state index is 0.128. The number of carbonyl (C=O) groups is 2. The highest BCUT2D eigenvalue weighted by molar-refractivity contribution is 7.87. The highest BCUT2D eigenvalue weighted by atomic mass is 32.2. The average Bonchev–Trinajstić information content (AvgIpc) is 3.23. The molecule has 0 unspecified atom stereocenters. The number of hydrogen-bond acceptors (Lipinski definition) is 6. The van der Waals surface area contributed by atoms with Crippen LogP contribution in [0.15, 0.2) is 53.9 Å². The molecular weight excluding hydrogens is 462 g/mol. The third-order valence-electron chi connectivity index (χ3n) is 4.77. The fourth-order valence-electron chi connectivity index (χ4n) is 3.02. The molecule has 0 bridgehead atoms. The summed E-state index contributed by atoms with van der Waals surface area (Å²) in [5.74, 6) is -0.128. The molecule has 3 aromatic rings. The maximum atomic E-state index is 12.7. The highest BCUT2D eigenvalue weighted by Crippen LogP contribution is 2.29. The van der Waals surface area contributed by atoms with Crippen molar-refractivity contribution >= 4 is 39.5 Å². The molecule has 0 saturated heterocycles. The van der Waals surface area contributed by atoms with Crippen LogP contribution in [0.25, 0.3) is 11.3 Å². The Morgan fingerprint density at radius 2 is 1.88 bits per heavy atom. The number of amides is 1. The zero-order valence-electron chi connectivity index (χ0n) is 18.4. The zero-order valence-corrected chi connectivity index (χ0v) is 20.0. The number of rotatable bonds is 8. The summed E-state index contributed by atoms with van der Waals surface area (Å²) in [6, 6.07) is 13.2. The van der Waals surface area contributed by atoms with E-state index in [0.717, 1.165) is 17.4 Å². The Morgan fingerprint density at radius 3 is 2.48 bits per heavy atom. The normalized spacial score (nSPS) is 12.7. The van der Waals surface area contributed by atoms with Crippen molar-refractivity contribution in [2.24, 2.45) is 5.41 Å². The van der Waals surface area contributed by atoms with Crippen molar-refractivity contribution in [1.29, 1.82) is 0 Å². The number of hydrogen-bond donors (Lipinski definition) is 3. The lowest BCUT2D eigenvalue weighted by atomic mass is 9.94. The second-order valence-corrected chi connectivity index (χ2v) is 10.6. The van der Waals surface area contributed by atoms with Gasteiger partial charge in [-0.3, -0.25) is 18.9 Å². The number of anilines is 1. The van der Waals surface area contributed by atoms with E-state index in [1.165, 1.54) is 23.5 Å². The molecule has 1 atom stereocenters. The molecule has 0 saturated carbocycles. The summed E-state index contributed by atoms with van der Waals surface area (Å²) in [5.41, 5.74) is 2.54. The van der Waals surface area contributed by atoms with Crippen molar-refractivity contribution in [1.82, 2.24) is 10.3 Å². The third-order valence-corrected chi connectivity index (χ3v) is 6.22. The number of carbonyl (C=O) groups excluding carboxylic acids is 2. The molecule has 0 aliphatic heterocycles. The Labute approximate surface area is 197 Å². The monoisotopic (exact) mass is 487 g/mol. The topological polar surface area (TPSA) is 125 Å². The van der Waals surface area contributed by atoms with Gasteiger partial charge in [0.05, 0.1) is 17.4 Å². The summed E-state index contributed by atoms with van der Waals surface area (Å²) >= 11 is 1.41. The molecule has 10 heteroatoms. The summed E-state index contributed by atoms with van der Waals surface area (Å²) in [5, 5.41) is 5.65. The van der Waals surface area contributed by atoms with E-state index in [1.54, 1.807) is 30.3 Å². The SMILES string of the molecule is CC(C)(C)C(=O)N[C@@H](Cc1ccc(NS(=O)(=O)O)cc1)c1nc(-c2cccc(C=O)c2)cs1. The Bertz CT molecular complexity index is 1250. The molecule has 1 heterocycles. The van der Waals surface area contributed by atoms with Crippen LogP contribution in [-0.4, -0.2) is 30.1 Å². The predicted octanol–water partition coefficient (Wildman–Crippen LogP) is 4.28. The van der Waals surface area contributed by atoms with Gasteiger partial charge in [-0.25, -0.2) is 4.98 Å². The van der Waals surface area contributed by atoms with Crippen LogP contribution in [0.4, 0.5) is 5.69 Å². The van der Waals surface area contributed by atoms with Crippen LogP contribution >= 0.6 is 11.3 Å². The minimum atomic E-state index is -4.35. The van der Waals surface area contributed by atoms with E-state index >= 15 is 0 Å². The van der Waals surface area contributed by atoms with E-state index in [9.17, 15) is 18.0 Å². The first-order valence-electron chi connectivity index (χ1n) is 10.1. The van der Waals surface area contributed by atoms with E-state index in [1.807, 2.05) is 36.9 Å². The first-order valence-corrected chi connectivity index (χ1v) is 12.4. The molecule has 0 aliphatic carbocycles. The second-order valence-electron chi connectivity index (χ2n) is 8.57. The molecule has 3 N–H and O–H groups in total. The van der Waals surface area contributed by atoms with Gasteiger partial charge in [0, 0.05) is 21.9 Å². The molecule has 174 valence electrons. The lowest BCUT2D eigenvalue weighted by molar-refractivity contribution is -0.129. The van der Waals surface area contributed by atoms with Gasteiger partial charge in [0.1, 0.15) is 11.3 Å². The van der Waals surface area contributed by atoms with Crippen LogP contribution in [0.3, 0.4) is 0 Å². The van der Waals surface area contributed by atoms with E-state index in [4.69, 9.17) is 9.54 Å². The van der Waals surface area contributed by atoms with Gasteiger partial charge >= 0.3 is 10.3 Å². The smallest absolute Gasteiger partial charge is 0.346 e. The zero-order chi connectivity index (χ0) is 24.2. The van der Waals surface area contributed by atoms with Crippen molar-refractivity contribution in [3.05, 3.63) is 70.0 Å². The Hall–Kier alpha value is -3.08. The van der Waals surface area contributed by atoms with Crippen LogP contribution < -0.4 is 10.0 Å². The first kappa shape index (κ1) is 24.6. The van der Waals surface area contributed by atoms with Crippen molar-refractivity contribution < 1.29 is 22.6 Å². The highest BCUT2D eigenvalue weighted by Gasteiger charge is 2.26. The van der Waals surface area contributed by atoms with Gasteiger partial charge in [0.2, 0.25) is 5.91 Å². The van der Waals surface area contributed by atoms with Crippen LogP contribution in [0, 0.1) is 5.41 Å². The number of nitrogens with zero attached hydrogens (tertiary/aromatic N) is 1. The molecule has 2 aromatic carbocycles. The van der Waals surface area contributed by atoms with Crippen molar-refractivity contribution in [3.63, 3.8) is 0 Å². The van der Waals surface area contributed by atoms with Crippen LogP contribution in [0.2, 0.25) is 0 Å². The van der Waals surface area contributed by atoms with Crippen molar-refractivity contribution in [2.75, 3.05) is 4.72 Å². The van der Waals surface area contributed by atoms with Crippen molar-refractivity contribution in [2.45, 2.75) is 33.2 Å². The predicted molar refractivity (Wildman–Crippen MR) is 129 cm³/mol. The van der Waals surface area contributed by atoms with Crippen LogP contribution in [0.5, 0.6) is 0 Å². The fourth-order valence-corrected chi connectivity index (χ4v) is 4.33. The summed E-state index contributed by atoms with van der Waals surface area (Å²) in [6.07, 6.45) is 1.21. The van der Waals surface area contributed by atoms with Gasteiger partial charge < -0.3 is 5.32 Å². The standard InChI is InChI=1S/C23H25N3O5S2/c1-23(2,3)22(28)25-19(12-15-7-9-18(10-8-15)26-33(29,30)31)21-24-20(14-32-21)17-6-4-5-16(11-17)13-27/h4-11,13-14,19,26H,12H2,1-3H3,(H,25,28)(H,29,30,31)/t19-/m0/s1. The molecule has 0 fully saturated rings. The summed E-state index contributed by atoms with van der Waals surface area (Å²) in [7, 11) is -4.35. The molecule has 0 aliphatic rings. The van der Waals surface area contributed by atoms with Gasteiger partial charge in [-0.1, -0.05) is 51.1 Å². The lowest BCUT2D eigenvalue weighted by Crippen LogP contribution is -2.38. The van der Waals surface area contributed by atoms with Gasteiger partial charge in [0.15, 0.2) is 0 Å². The molecular formula is C23H25N3O5S2. The summed E-state index contributed by atoms with van der Waals surface area (Å²) < 4.78 is 32.9. The van der Waals surface area contributed by atoms with Gasteiger partial charge in [-0.15, -0.1) is 11.3 Å². The van der Waals surface area contributed by atoms with Gasteiger partial charge in [-0.05, 0) is 30.2 Å². The Balaban J connectivity index is 1.88. The van der Waals surface area contributed by atoms with Crippen LogP contribution in [-0.2, 0) is 21.5 Å². The Kier molecular flexibility index (Phi) is 7.31. The van der Waals surface area contributed by atoms with Crippen LogP contribution in [0.1, 0.15) is 47.7 Å². The number of thiazole rings is 1. The summed E-state index contributed by atoms with van der Waals surface area (Å²) in [6.45, 7) is 5.48. The van der Waals surface area contributed by atoms with E-state index in [0.29, 0.717) is 22.7 Å². The maximum absolute atomic E-state index is 12.7. The first-order chi connectivity index (χ1) is 15.4. The molecule has 1 amide bonds. The summed E-state index contributed by atoms with van der Waals surface area (Å²) in [4.78, 5) is 28.6. The molecule has 1 aromatic heterocycles. The Morgan fingerprint density at radius 1 is 1.18 bits per heavy atom. The molecule has 33 heavy (non-hydrogen) atoms. The van der Waals surface area contributed by atoms with Gasteiger partial charge in [-0.2, -0.15) is 8.42 Å². The number of benzene rings is 2. The largest absolute Gasteiger partial charge is 0.357 e. The lowest BCUT2D eigenvalue weighted by Gasteiger charge is -2.23. The fraction of sp³-hybridized carbons (Fsp3) is 0.261. The van der Waals surface area contributed by atoms with E-state index < -0.39 is 21.8 Å². The molecule has 0 radical (unpaired) electrons. The quantitative estimate of drug-likeness (QED) is 0.322. The minimum Gasteiger partial charge on any atom is -0.346 e. The molecule has 3 rings (SSSR count).